The molecule has 2 saturated carbocycles. The third-order valence-corrected chi connectivity index (χ3v) is 8.85. The van der Waals surface area contributed by atoms with Gasteiger partial charge in [0.05, 0.1) is 34.6 Å². The van der Waals surface area contributed by atoms with Crippen molar-refractivity contribution in [3.63, 3.8) is 0 Å². The molecule has 226 valence electrons. The number of ether oxygens (including phenoxy) is 2. The molecular formula is C32H38N6O5. The van der Waals surface area contributed by atoms with Crippen molar-refractivity contribution in [3.05, 3.63) is 70.4 Å². The van der Waals surface area contributed by atoms with Crippen LogP contribution in [-0.2, 0) is 9.53 Å². The highest BCUT2D eigenvalue weighted by molar-refractivity contribution is 6.00. The molecule has 43 heavy (non-hydrogen) atoms. The minimum atomic E-state index is -0.876. The van der Waals surface area contributed by atoms with E-state index in [2.05, 4.69) is 20.6 Å². The predicted molar refractivity (Wildman–Crippen MR) is 161 cm³/mol. The average Bonchev–Trinajstić information content (AvgIpc) is 3.36. The first-order valence-corrected chi connectivity index (χ1v) is 14.8. The van der Waals surface area contributed by atoms with Crippen molar-refractivity contribution in [1.29, 1.82) is 0 Å². The Morgan fingerprint density at radius 2 is 1.86 bits per heavy atom. The molecule has 0 aliphatic heterocycles. The van der Waals surface area contributed by atoms with Crippen LogP contribution >= 0.6 is 0 Å². The van der Waals surface area contributed by atoms with Crippen LogP contribution in [0.25, 0.3) is 16.3 Å². The first-order valence-electron chi connectivity index (χ1n) is 14.8. The van der Waals surface area contributed by atoms with Crippen LogP contribution in [0.5, 0.6) is 5.75 Å². The molecule has 1 unspecified atom stereocenters. The van der Waals surface area contributed by atoms with Gasteiger partial charge >= 0.3 is 5.97 Å². The molecule has 0 bridgehead atoms. The lowest BCUT2D eigenvalue weighted by atomic mass is 9.49. The molecule has 11 nitrogen and oxygen atoms in total. The third kappa shape index (κ3) is 5.61. The summed E-state index contributed by atoms with van der Waals surface area (Å²) >= 11 is 0. The maximum atomic E-state index is 13.2. The molecule has 2 aliphatic carbocycles. The lowest BCUT2D eigenvalue weighted by Crippen LogP contribution is -2.55. The Morgan fingerprint density at radius 3 is 2.58 bits per heavy atom. The Bertz CT molecular complexity index is 1740. The molecule has 11 heteroatoms. The summed E-state index contributed by atoms with van der Waals surface area (Å²) in [4.78, 5) is 37.6. The Balaban J connectivity index is 1.02. The van der Waals surface area contributed by atoms with E-state index in [0.29, 0.717) is 28.1 Å². The zero-order chi connectivity index (χ0) is 30.5. The second-order valence-corrected chi connectivity index (χ2v) is 13.2. The van der Waals surface area contributed by atoms with Crippen molar-refractivity contribution in [2.45, 2.75) is 77.0 Å². The molecular weight excluding hydrogens is 548 g/mol. The summed E-state index contributed by atoms with van der Waals surface area (Å²) in [7, 11) is 0. The first kappa shape index (κ1) is 28.9. The summed E-state index contributed by atoms with van der Waals surface area (Å²) in [6.07, 6.45) is 7.12. The van der Waals surface area contributed by atoms with E-state index >= 15 is 0 Å². The minimum Gasteiger partial charge on any atom is -0.488 e. The SMILES string of the molecule is CC(C)C(N)C(=O)OC(C)(C)COc1ccc2c(C(=O)NC3CC4(C3)CC(c3n[nH]c(=O)c5ccccc35)C4)cnn2c1. The van der Waals surface area contributed by atoms with Gasteiger partial charge in [-0.1, -0.05) is 32.0 Å². The fourth-order valence-electron chi connectivity index (χ4n) is 6.43. The maximum Gasteiger partial charge on any atom is 0.323 e. The number of benzene rings is 1. The van der Waals surface area contributed by atoms with E-state index in [1.54, 1.807) is 42.9 Å². The van der Waals surface area contributed by atoms with Gasteiger partial charge in [0.15, 0.2) is 0 Å². The summed E-state index contributed by atoms with van der Waals surface area (Å²) in [5.41, 5.74) is 7.22. The zero-order valence-electron chi connectivity index (χ0n) is 24.9. The van der Waals surface area contributed by atoms with E-state index in [9.17, 15) is 14.4 Å². The number of hydrogen-bond acceptors (Lipinski definition) is 8. The van der Waals surface area contributed by atoms with Crippen LogP contribution in [0.3, 0.4) is 0 Å². The Labute approximate surface area is 249 Å². The van der Waals surface area contributed by atoms with E-state index in [4.69, 9.17) is 15.2 Å². The van der Waals surface area contributed by atoms with Gasteiger partial charge in [-0.2, -0.15) is 10.2 Å². The Hall–Kier alpha value is -4.25. The molecule has 1 amide bonds. The van der Waals surface area contributed by atoms with Crippen molar-refractivity contribution in [2.24, 2.45) is 17.1 Å². The van der Waals surface area contributed by atoms with E-state index in [1.807, 2.05) is 38.1 Å². The number of fused-ring (bicyclic) bond motifs is 2. The molecule has 3 aromatic heterocycles. The predicted octanol–water partition coefficient (Wildman–Crippen LogP) is 3.71. The average molecular weight is 587 g/mol. The van der Waals surface area contributed by atoms with Gasteiger partial charge in [-0.15, -0.1) is 0 Å². The minimum absolute atomic E-state index is 0.0268. The molecule has 2 aliphatic rings. The highest BCUT2D eigenvalue weighted by Crippen LogP contribution is 2.62. The van der Waals surface area contributed by atoms with Gasteiger partial charge in [-0.3, -0.25) is 14.4 Å². The number of pyridine rings is 1. The van der Waals surface area contributed by atoms with E-state index in [1.165, 1.54) is 0 Å². The standard InChI is InChI=1S/C32H38N6O5/c1-18(2)26(33)30(41)43-31(3,4)17-42-21-9-10-25-24(15-34-38(25)16-21)28(39)35-20-13-32(14-20)11-19(12-32)27-22-7-5-6-8-23(22)29(40)37-36-27/h5-10,15-16,18-20,26H,11-14,17,33H2,1-4H3,(H,35,39)(H,37,40). The van der Waals surface area contributed by atoms with Crippen molar-refractivity contribution in [2.75, 3.05) is 6.61 Å². The monoisotopic (exact) mass is 586 g/mol. The number of nitrogens with two attached hydrogens (primary N) is 1. The van der Waals surface area contributed by atoms with Crippen molar-refractivity contribution >= 4 is 28.2 Å². The van der Waals surface area contributed by atoms with Crippen molar-refractivity contribution < 1.29 is 19.1 Å². The highest BCUT2D eigenvalue weighted by Gasteiger charge is 2.54. The van der Waals surface area contributed by atoms with Gasteiger partial charge in [0.2, 0.25) is 0 Å². The molecule has 1 atom stereocenters. The van der Waals surface area contributed by atoms with E-state index < -0.39 is 17.6 Å². The van der Waals surface area contributed by atoms with Crippen LogP contribution in [-0.4, -0.2) is 56.0 Å². The normalized spacial score (nSPS) is 22.3. The van der Waals surface area contributed by atoms with Crippen LogP contribution in [0.2, 0.25) is 0 Å². The number of H-pyrrole nitrogens is 1. The number of aromatic nitrogens is 4. The Kier molecular flexibility index (Phi) is 7.24. The number of nitrogens with one attached hydrogen (secondary N) is 2. The topological polar surface area (TPSA) is 154 Å². The number of aromatic amines is 1. The summed E-state index contributed by atoms with van der Waals surface area (Å²) in [5, 5.41) is 16.2. The summed E-state index contributed by atoms with van der Waals surface area (Å²) in [6.45, 7) is 7.40. The molecule has 1 spiro atoms. The smallest absolute Gasteiger partial charge is 0.323 e. The molecule has 4 N–H and O–H groups in total. The van der Waals surface area contributed by atoms with Gasteiger partial charge in [0, 0.05) is 17.3 Å². The van der Waals surface area contributed by atoms with Gasteiger partial charge in [-0.05, 0) is 69.1 Å². The lowest BCUT2D eigenvalue weighted by Gasteiger charge is -2.57. The molecule has 0 radical (unpaired) electrons. The maximum absolute atomic E-state index is 13.2. The van der Waals surface area contributed by atoms with Crippen molar-refractivity contribution in [1.82, 2.24) is 25.1 Å². The number of carbonyl (C=O) groups is 2. The molecule has 3 heterocycles. The highest BCUT2D eigenvalue weighted by atomic mass is 16.6. The third-order valence-electron chi connectivity index (χ3n) is 8.85. The summed E-state index contributed by atoms with van der Waals surface area (Å²) < 4.78 is 13.1. The number of nitrogens with zero attached hydrogens (tertiary/aromatic N) is 3. The molecule has 4 aromatic rings. The van der Waals surface area contributed by atoms with Crippen LogP contribution in [0.1, 0.15) is 75.3 Å². The summed E-state index contributed by atoms with van der Waals surface area (Å²) in [5.74, 6) is 0.202. The zero-order valence-corrected chi connectivity index (χ0v) is 24.9. The molecule has 6 rings (SSSR count). The van der Waals surface area contributed by atoms with Crippen LogP contribution in [0.4, 0.5) is 0 Å². The number of esters is 1. The largest absolute Gasteiger partial charge is 0.488 e. The van der Waals surface area contributed by atoms with Gasteiger partial charge in [0.1, 0.15) is 24.0 Å². The number of rotatable bonds is 9. The van der Waals surface area contributed by atoms with Crippen LogP contribution in [0.15, 0.2) is 53.6 Å². The number of carbonyl (C=O) groups excluding carboxylic acids is 2. The second kappa shape index (κ2) is 10.8. The quantitative estimate of drug-likeness (QED) is 0.251. The Morgan fingerprint density at radius 1 is 1.14 bits per heavy atom. The fourth-order valence-corrected chi connectivity index (χ4v) is 6.43. The van der Waals surface area contributed by atoms with E-state index in [0.717, 1.165) is 36.8 Å². The van der Waals surface area contributed by atoms with Gasteiger partial charge in [0.25, 0.3) is 11.5 Å². The molecule has 1 aromatic carbocycles. The van der Waals surface area contributed by atoms with Gasteiger partial charge < -0.3 is 20.5 Å². The van der Waals surface area contributed by atoms with Crippen LogP contribution in [0, 0.1) is 11.3 Å². The van der Waals surface area contributed by atoms with E-state index in [-0.39, 0.29) is 35.4 Å². The van der Waals surface area contributed by atoms with Gasteiger partial charge in [-0.25, -0.2) is 9.61 Å². The first-order chi connectivity index (χ1) is 20.4. The molecule has 0 saturated heterocycles. The van der Waals surface area contributed by atoms with Crippen molar-refractivity contribution in [3.8, 4) is 5.75 Å². The number of amides is 1. The molecule has 2 fully saturated rings. The lowest BCUT2D eigenvalue weighted by molar-refractivity contribution is -0.161. The fraction of sp³-hybridized carbons (Fsp3) is 0.469. The second-order valence-electron chi connectivity index (χ2n) is 13.2. The van der Waals surface area contributed by atoms with Crippen LogP contribution < -0.4 is 21.3 Å². The number of hydrogen-bond donors (Lipinski definition) is 3. The summed E-state index contributed by atoms with van der Waals surface area (Å²) in [6, 6.07) is 10.6.